The lowest BCUT2D eigenvalue weighted by molar-refractivity contribution is 0.224. The second-order valence-electron chi connectivity index (χ2n) is 3.31. The van der Waals surface area contributed by atoms with Crippen LogP contribution in [0.1, 0.15) is 25.7 Å². The van der Waals surface area contributed by atoms with Crippen LogP contribution in [0.3, 0.4) is 0 Å². The Labute approximate surface area is 55.4 Å². The molecule has 2 rings (SSSR count). The van der Waals surface area contributed by atoms with Crippen molar-refractivity contribution in [3.05, 3.63) is 0 Å². The van der Waals surface area contributed by atoms with Gasteiger partial charge in [0.05, 0.1) is 12.2 Å². The van der Waals surface area contributed by atoms with Crippen LogP contribution >= 0.6 is 0 Å². The molecular weight excluding hydrogens is 114 g/mol. The zero-order chi connectivity index (χ0) is 6.32. The van der Waals surface area contributed by atoms with E-state index in [0.717, 1.165) is 6.61 Å². The average Bonchev–Trinajstić information content (AvgIpc) is 2.60. The van der Waals surface area contributed by atoms with Crippen LogP contribution in [0.15, 0.2) is 0 Å². The minimum Gasteiger partial charge on any atom is -0.370 e. The highest BCUT2D eigenvalue weighted by Crippen LogP contribution is 2.40. The molecule has 2 nitrogen and oxygen atoms in total. The maximum atomic E-state index is 5.73. The number of ether oxygens (including phenoxy) is 1. The number of nitrogens with two attached hydrogens (primary N) is 1. The van der Waals surface area contributed by atoms with Crippen LogP contribution in [-0.4, -0.2) is 18.2 Å². The van der Waals surface area contributed by atoms with Gasteiger partial charge in [-0.3, -0.25) is 0 Å². The fourth-order valence-electron chi connectivity index (χ4n) is 1.56. The zero-order valence-corrected chi connectivity index (χ0v) is 5.60. The van der Waals surface area contributed by atoms with E-state index in [2.05, 4.69) is 0 Å². The predicted molar refractivity (Wildman–Crippen MR) is 35.1 cm³/mol. The Balaban J connectivity index is 1.91. The summed E-state index contributed by atoms with van der Waals surface area (Å²) in [6.45, 7) is 1.000. The highest BCUT2D eigenvalue weighted by atomic mass is 16.6. The monoisotopic (exact) mass is 127 g/mol. The Bertz CT molecular complexity index is 110. The Kier molecular flexibility index (Phi) is 1.08. The molecule has 1 saturated heterocycles. The van der Waals surface area contributed by atoms with Crippen molar-refractivity contribution in [2.75, 3.05) is 6.61 Å². The van der Waals surface area contributed by atoms with E-state index in [1.165, 1.54) is 25.7 Å². The highest BCUT2D eigenvalue weighted by Gasteiger charge is 2.46. The molecule has 0 bridgehead atoms. The van der Waals surface area contributed by atoms with Crippen LogP contribution in [-0.2, 0) is 4.74 Å². The summed E-state index contributed by atoms with van der Waals surface area (Å²) < 4.78 is 5.33. The van der Waals surface area contributed by atoms with Crippen molar-refractivity contribution in [2.24, 2.45) is 5.73 Å². The lowest BCUT2D eigenvalue weighted by Crippen LogP contribution is -2.30. The molecule has 2 aliphatic rings. The van der Waals surface area contributed by atoms with E-state index in [4.69, 9.17) is 10.5 Å². The van der Waals surface area contributed by atoms with Crippen molar-refractivity contribution in [3.8, 4) is 0 Å². The second-order valence-corrected chi connectivity index (χ2v) is 3.31. The summed E-state index contributed by atoms with van der Waals surface area (Å²) >= 11 is 0. The molecule has 2 N–H and O–H groups in total. The molecule has 0 radical (unpaired) electrons. The van der Waals surface area contributed by atoms with Gasteiger partial charge in [-0.2, -0.15) is 0 Å². The van der Waals surface area contributed by atoms with Gasteiger partial charge in [0.15, 0.2) is 0 Å². The molecule has 0 aromatic heterocycles. The van der Waals surface area contributed by atoms with Crippen molar-refractivity contribution in [2.45, 2.75) is 37.3 Å². The van der Waals surface area contributed by atoms with Crippen molar-refractivity contribution < 1.29 is 4.74 Å². The fourth-order valence-corrected chi connectivity index (χ4v) is 1.56. The summed E-state index contributed by atoms with van der Waals surface area (Å²) in [5.41, 5.74) is 6.06. The summed E-state index contributed by atoms with van der Waals surface area (Å²) in [6, 6.07) is 0.458. The SMILES string of the molecule is N[C@H]1CC[C@@]2(CC1)CO2. The van der Waals surface area contributed by atoms with Crippen LogP contribution in [0.5, 0.6) is 0 Å². The van der Waals surface area contributed by atoms with Crippen LogP contribution < -0.4 is 5.73 Å². The first-order chi connectivity index (χ1) is 4.31. The molecule has 1 aliphatic carbocycles. The highest BCUT2D eigenvalue weighted by molar-refractivity contribution is 4.96. The van der Waals surface area contributed by atoms with Gasteiger partial charge < -0.3 is 10.5 Å². The zero-order valence-electron chi connectivity index (χ0n) is 5.60. The molecule has 1 aliphatic heterocycles. The largest absolute Gasteiger partial charge is 0.370 e. The van der Waals surface area contributed by atoms with Crippen LogP contribution in [0.4, 0.5) is 0 Å². The molecular formula is C7H13NO. The van der Waals surface area contributed by atoms with Gasteiger partial charge in [0.25, 0.3) is 0 Å². The van der Waals surface area contributed by atoms with Gasteiger partial charge in [-0.05, 0) is 25.7 Å². The Hall–Kier alpha value is -0.0800. The van der Waals surface area contributed by atoms with Crippen molar-refractivity contribution in [1.82, 2.24) is 0 Å². The molecule has 0 unspecified atom stereocenters. The van der Waals surface area contributed by atoms with Gasteiger partial charge in [0, 0.05) is 6.04 Å². The molecule has 0 amide bonds. The molecule has 2 heteroatoms. The standard InChI is InChI=1S/C7H13NO/c8-6-1-3-7(4-2-6)5-9-7/h6H,1-5,8H2/t6-,7+. The molecule has 52 valence electrons. The number of rotatable bonds is 0. The van der Waals surface area contributed by atoms with Crippen molar-refractivity contribution in [1.29, 1.82) is 0 Å². The quantitative estimate of drug-likeness (QED) is 0.485. The lowest BCUT2D eigenvalue weighted by Gasteiger charge is -2.22. The maximum Gasteiger partial charge on any atom is 0.0917 e. The van der Waals surface area contributed by atoms with Gasteiger partial charge in [-0.1, -0.05) is 0 Å². The Morgan fingerprint density at radius 3 is 2.33 bits per heavy atom. The predicted octanol–water partition coefficient (Wildman–Crippen LogP) is 0.657. The van der Waals surface area contributed by atoms with E-state index in [1.807, 2.05) is 0 Å². The third-order valence-electron chi connectivity index (χ3n) is 2.49. The number of epoxide rings is 1. The number of hydrogen-bond acceptors (Lipinski definition) is 2. The molecule has 0 aromatic rings. The van der Waals surface area contributed by atoms with Gasteiger partial charge in [0.1, 0.15) is 0 Å². The molecule has 1 saturated carbocycles. The minimum absolute atomic E-state index is 0.329. The first-order valence-corrected chi connectivity index (χ1v) is 3.70. The average molecular weight is 127 g/mol. The van der Waals surface area contributed by atoms with Gasteiger partial charge >= 0.3 is 0 Å². The van der Waals surface area contributed by atoms with Crippen LogP contribution in [0.2, 0.25) is 0 Å². The summed E-state index contributed by atoms with van der Waals surface area (Å²) in [7, 11) is 0. The third kappa shape index (κ3) is 0.970. The van der Waals surface area contributed by atoms with E-state index in [0.29, 0.717) is 11.6 Å². The second kappa shape index (κ2) is 1.70. The van der Waals surface area contributed by atoms with Crippen LogP contribution in [0, 0.1) is 0 Å². The minimum atomic E-state index is 0.329. The summed E-state index contributed by atoms with van der Waals surface area (Å²) in [5.74, 6) is 0. The normalized spacial score (nSPS) is 49.7. The topological polar surface area (TPSA) is 38.5 Å². The summed E-state index contributed by atoms with van der Waals surface area (Å²) in [4.78, 5) is 0. The Morgan fingerprint density at radius 2 is 1.89 bits per heavy atom. The first-order valence-electron chi connectivity index (χ1n) is 3.70. The van der Waals surface area contributed by atoms with Crippen LogP contribution in [0.25, 0.3) is 0 Å². The maximum absolute atomic E-state index is 5.73. The molecule has 1 spiro atoms. The molecule has 0 aromatic carbocycles. The van der Waals surface area contributed by atoms with Crippen molar-refractivity contribution >= 4 is 0 Å². The summed E-state index contributed by atoms with van der Waals surface area (Å²) in [5, 5.41) is 0. The molecule has 9 heavy (non-hydrogen) atoms. The van der Waals surface area contributed by atoms with E-state index in [-0.39, 0.29) is 0 Å². The van der Waals surface area contributed by atoms with E-state index in [9.17, 15) is 0 Å². The smallest absolute Gasteiger partial charge is 0.0917 e. The molecule has 1 heterocycles. The lowest BCUT2D eigenvalue weighted by atomic mass is 9.87. The fraction of sp³-hybridized carbons (Fsp3) is 1.00. The molecule has 2 fully saturated rings. The van der Waals surface area contributed by atoms with E-state index >= 15 is 0 Å². The number of hydrogen-bond donors (Lipinski definition) is 1. The van der Waals surface area contributed by atoms with Gasteiger partial charge in [0.2, 0.25) is 0 Å². The Morgan fingerprint density at radius 1 is 1.33 bits per heavy atom. The van der Waals surface area contributed by atoms with E-state index in [1.54, 1.807) is 0 Å². The summed E-state index contributed by atoms with van der Waals surface area (Å²) in [6.07, 6.45) is 4.74. The van der Waals surface area contributed by atoms with E-state index < -0.39 is 0 Å². The molecule has 0 atom stereocenters. The van der Waals surface area contributed by atoms with Gasteiger partial charge in [-0.15, -0.1) is 0 Å². The third-order valence-corrected chi connectivity index (χ3v) is 2.49. The van der Waals surface area contributed by atoms with Gasteiger partial charge in [-0.25, -0.2) is 0 Å². The first kappa shape index (κ1) is 5.69. The van der Waals surface area contributed by atoms with Crippen molar-refractivity contribution in [3.63, 3.8) is 0 Å².